The van der Waals surface area contributed by atoms with E-state index in [0.717, 1.165) is 65.1 Å². The summed E-state index contributed by atoms with van der Waals surface area (Å²) in [6, 6.07) is 18.0. The molecule has 1 fully saturated rings. The minimum atomic E-state index is -0.753. The largest absolute Gasteiger partial charge is 0.467 e. The molecule has 7 nitrogen and oxygen atoms in total. The molecule has 2 N–H and O–H groups in total. The third kappa shape index (κ3) is 6.04. The van der Waals surface area contributed by atoms with Crippen molar-refractivity contribution in [1.82, 2.24) is 5.32 Å². The Bertz CT molecular complexity index is 1590. The Morgan fingerprint density at radius 1 is 0.854 bits per heavy atom. The van der Waals surface area contributed by atoms with Crippen LogP contribution < -0.4 is 10.6 Å². The summed E-state index contributed by atoms with van der Waals surface area (Å²) in [5.41, 5.74) is 4.84. The van der Waals surface area contributed by atoms with Crippen molar-refractivity contribution in [2.75, 3.05) is 12.4 Å². The Morgan fingerprint density at radius 3 is 2.17 bits per heavy atom. The van der Waals surface area contributed by atoms with E-state index in [2.05, 4.69) is 22.8 Å². The fourth-order valence-corrected chi connectivity index (χ4v) is 6.06. The van der Waals surface area contributed by atoms with Crippen LogP contribution in [0.25, 0.3) is 22.1 Å². The van der Waals surface area contributed by atoms with Gasteiger partial charge in [0.2, 0.25) is 0 Å². The predicted octanol–water partition coefficient (Wildman–Crippen LogP) is 7.13. The summed E-state index contributed by atoms with van der Waals surface area (Å²) < 4.78 is 11.1. The van der Waals surface area contributed by atoms with E-state index in [1.165, 1.54) is 7.11 Å². The molecule has 5 rings (SSSR count). The number of benzene rings is 3. The molecule has 4 aromatic rings. The van der Waals surface area contributed by atoms with E-state index in [1.54, 1.807) is 24.3 Å². The zero-order valence-electron chi connectivity index (χ0n) is 24.0. The van der Waals surface area contributed by atoms with Crippen LogP contribution in [0.5, 0.6) is 0 Å². The second-order valence-corrected chi connectivity index (χ2v) is 11.0. The van der Waals surface area contributed by atoms with E-state index < -0.39 is 23.8 Å². The Balaban J connectivity index is 1.45. The number of ether oxygens (including phenoxy) is 1. The van der Waals surface area contributed by atoms with Gasteiger partial charge >= 0.3 is 5.97 Å². The van der Waals surface area contributed by atoms with Crippen molar-refractivity contribution in [3.63, 3.8) is 0 Å². The number of nitrogens with one attached hydrogen (secondary N) is 2. The van der Waals surface area contributed by atoms with Gasteiger partial charge < -0.3 is 19.8 Å². The number of anilines is 1. The predicted molar refractivity (Wildman–Crippen MR) is 160 cm³/mol. The average molecular weight is 553 g/mol. The third-order valence-electron chi connectivity index (χ3n) is 7.99. The van der Waals surface area contributed by atoms with Crippen LogP contribution in [0.15, 0.2) is 65.1 Å². The highest BCUT2D eigenvalue weighted by atomic mass is 16.5. The van der Waals surface area contributed by atoms with Gasteiger partial charge in [0.25, 0.3) is 11.8 Å². The molecule has 0 spiro atoms. The lowest BCUT2D eigenvalue weighted by atomic mass is 9.83. The minimum absolute atomic E-state index is 0.00822. The molecule has 0 bridgehead atoms. The zero-order valence-corrected chi connectivity index (χ0v) is 24.0. The molecule has 1 atom stereocenters. The molecule has 1 aliphatic carbocycles. The normalized spacial score (nSPS) is 14.4. The SMILES string of the molecule is COC(=O)[C@@H](NC(=O)c1cc2ccccc2cc1NC(=O)c1ccc(-c2c(C)cc(C)cc2C)o1)C1CCCCC1. The number of esters is 1. The smallest absolute Gasteiger partial charge is 0.328 e. The van der Waals surface area contributed by atoms with Crippen molar-refractivity contribution in [3.05, 3.63) is 88.7 Å². The molecule has 7 heteroatoms. The minimum Gasteiger partial charge on any atom is -0.467 e. The van der Waals surface area contributed by atoms with Crippen LogP contribution in [0.4, 0.5) is 5.69 Å². The number of carbonyl (C=O) groups is 3. The number of carbonyl (C=O) groups excluding carboxylic acids is 3. The number of hydrogen-bond donors (Lipinski definition) is 2. The quantitative estimate of drug-likeness (QED) is 0.238. The molecule has 1 aromatic heterocycles. The van der Waals surface area contributed by atoms with Crippen molar-refractivity contribution < 1.29 is 23.5 Å². The Labute approximate surface area is 240 Å². The molecular formula is C34H36N2O5. The standard InChI is InChI=1S/C34H36N2O5/c1-20-16-21(2)30(22(3)17-20)28-14-15-29(41-28)33(38)35-27-19-25-13-9-8-12-24(25)18-26(27)32(37)36-31(34(39)40-4)23-10-6-5-7-11-23/h8-9,12-19,23,31H,5-7,10-11H2,1-4H3,(H,35,38)(H,36,37)/t31-/m0/s1. The Kier molecular flexibility index (Phi) is 8.24. The maximum Gasteiger partial charge on any atom is 0.328 e. The molecule has 0 saturated heterocycles. The summed E-state index contributed by atoms with van der Waals surface area (Å²) >= 11 is 0. The first kappa shape index (κ1) is 28.1. The highest BCUT2D eigenvalue weighted by Crippen LogP contribution is 2.32. The van der Waals surface area contributed by atoms with Gasteiger partial charge in [0.15, 0.2) is 5.76 Å². The molecule has 2 amide bonds. The number of fused-ring (bicyclic) bond motifs is 1. The monoisotopic (exact) mass is 552 g/mol. The maximum atomic E-state index is 13.7. The number of hydrogen-bond acceptors (Lipinski definition) is 5. The summed E-state index contributed by atoms with van der Waals surface area (Å²) in [5.74, 6) is -0.628. The van der Waals surface area contributed by atoms with Crippen LogP contribution in [0.2, 0.25) is 0 Å². The van der Waals surface area contributed by atoms with Gasteiger partial charge in [-0.05, 0) is 85.7 Å². The summed E-state index contributed by atoms with van der Waals surface area (Å²) in [6.07, 6.45) is 4.84. The van der Waals surface area contributed by atoms with Crippen LogP contribution in [0.1, 0.15) is 69.7 Å². The first-order valence-electron chi connectivity index (χ1n) is 14.2. The fourth-order valence-electron chi connectivity index (χ4n) is 6.06. The lowest BCUT2D eigenvalue weighted by molar-refractivity contribution is -0.144. The number of furan rings is 1. The van der Waals surface area contributed by atoms with Gasteiger partial charge in [0.1, 0.15) is 11.8 Å². The first-order chi connectivity index (χ1) is 19.7. The van der Waals surface area contributed by atoms with Gasteiger partial charge in [-0.25, -0.2) is 4.79 Å². The van der Waals surface area contributed by atoms with E-state index in [-0.39, 0.29) is 17.2 Å². The van der Waals surface area contributed by atoms with Crippen LogP contribution in [-0.4, -0.2) is 30.9 Å². The molecule has 1 aliphatic rings. The first-order valence-corrected chi connectivity index (χ1v) is 14.2. The molecule has 0 aliphatic heterocycles. The molecule has 41 heavy (non-hydrogen) atoms. The van der Waals surface area contributed by atoms with Gasteiger partial charge in [0, 0.05) is 5.56 Å². The molecular weight excluding hydrogens is 516 g/mol. The molecule has 1 saturated carbocycles. The molecule has 1 heterocycles. The van der Waals surface area contributed by atoms with Crippen molar-refractivity contribution in [1.29, 1.82) is 0 Å². The second kappa shape index (κ2) is 12.0. The Morgan fingerprint density at radius 2 is 1.51 bits per heavy atom. The molecule has 0 radical (unpaired) electrons. The van der Waals surface area contributed by atoms with Gasteiger partial charge in [-0.1, -0.05) is 61.2 Å². The second-order valence-electron chi connectivity index (χ2n) is 11.0. The highest BCUT2D eigenvalue weighted by Gasteiger charge is 2.32. The van der Waals surface area contributed by atoms with Gasteiger partial charge in [-0.15, -0.1) is 0 Å². The van der Waals surface area contributed by atoms with E-state index in [4.69, 9.17) is 9.15 Å². The number of amides is 2. The van der Waals surface area contributed by atoms with Gasteiger partial charge in [-0.3, -0.25) is 9.59 Å². The topological polar surface area (TPSA) is 97.6 Å². The molecule has 212 valence electrons. The van der Waals surface area contributed by atoms with Crippen molar-refractivity contribution >= 4 is 34.2 Å². The van der Waals surface area contributed by atoms with E-state index in [0.29, 0.717) is 11.4 Å². The number of aryl methyl sites for hydroxylation is 3. The summed E-state index contributed by atoms with van der Waals surface area (Å²) in [4.78, 5) is 39.8. The summed E-state index contributed by atoms with van der Waals surface area (Å²) in [7, 11) is 1.34. The van der Waals surface area contributed by atoms with Crippen molar-refractivity contribution in [2.45, 2.75) is 58.9 Å². The summed E-state index contributed by atoms with van der Waals surface area (Å²) in [6.45, 7) is 6.09. The van der Waals surface area contributed by atoms with Gasteiger partial charge in [0.05, 0.1) is 18.4 Å². The molecule has 3 aromatic carbocycles. The average Bonchev–Trinajstić information content (AvgIpc) is 3.45. The number of methoxy groups -OCH3 is 1. The zero-order chi connectivity index (χ0) is 29.1. The van der Waals surface area contributed by atoms with Crippen LogP contribution in [-0.2, 0) is 9.53 Å². The third-order valence-corrected chi connectivity index (χ3v) is 7.99. The van der Waals surface area contributed by atoms with Crippen LogP contribution >= 0.6 is 0 Å². The lowest BCUT2D eigenvalue weighted by Gasteiger charge is -2.29. The highest BCUT2D eigenvalue weighted by molar-refractivity contribution is 6.11. The van der Waals surface area contributed by atoms with Crippen LogP contribution in [0, 0.1) is 26.7 Å². The number of rotatable bonds is 7. The Hall–Kier alpha value is -4.39. The van der Waals surface area contributed by atoms with Crippen molar-refractivity contribution in [2.24, 2.45) is 5.92 Å². The van der Waals surface area contributed by atoms with Gasteiger partial charge in [-0.2, -0.15) is 0 Å². The van der Waals surface area contributed by atoms with E-state index >= 15 is 0 Å². The fraction of sp³-hybridized carbons (Fsp3) is 0.324. The lowest BCUT2D eigenvalue weighted by Crippen LogP contribution is -2.47. The molecule has 0 unspecified atom stereocenters. The maximum absolute atomic E-state index is 13.7. The van der Waals surface area contributed by atoms with E-state index in [1.807, 2.05) is 45.0 Å². The van der Waals surface area contributed by atoms with E-state index in [9.17, 15) is 14.4 Å². The van der Waals surface area contributed by atoms with Crippen molar-refractivity contribution in [3.8, 4) is 11.3 Å². The van der Waals surface area contributed by atoms with Crippen LogP contribution in [0.3, 0.4) is 0 Å². The summed E-state index contributed by atoms with van der Waals surface area (Å²) in [5, 5.41) is 7.52.